The van der Waals surface area contributed by atoms with Crippen LogP contribution in [0.5, 0.6) is 11.5 Å². The van der Waals surface area contributed by atoms with E-state index in [-0.39, 0.29) is 12.4 Å². The third-order valence-corrected chi connectivity index (χ3v) is 4.96. The van der Waals surface area contributed by atoms with E-state index in [2.05, 4.69) is 62.0 Å². The minimum atomic E-state index is 0. The van der Waals surface area contributed by atoms with Crippen LogP contribution < -0.4 is 4.74 Å². The van der Waals surface area contributed by atoms with Crippen molar-refractivity contribution in [3.8, 4) is 22.8 Å². The fraction of sp³-hybridized carbons (Fsp3) is 0.292. The molecule has 148 valence electrons. The molecule has 0 spiro atoms. The minimum Gasteiger partial charge on any atom is -0.457 e. The van der Waals surface area contributed by atoms with Crippen molar-refractivity contribution < 1.29 is 4.74 Å². The monoisotopic (exact) mass is 396 g/mol. The lowest BCUT2D eigenvalue weighted by atomic mass is 10.0. The highest BCUT2D eigenvalue weighted by Crippen LogP contribution is 2.30. The molecule has 0 aliphatic heterocycles. The zero-order valence-electron chi connectivity index (χ0n) is 17.1. The predicted octanol–water partition coefficient (Wildman–Crippen LogP) is 6.07. The number of rotatable bonds is 7. The highest BCUT2D eigenvalue weighted by atomic mass is 35.5. The molecular formula is C24H29ClN2O. The van der Waals surface area contributed by atoms with Crippen molar-refractivity contribution in [1.29, 1.82) is 0 Å². The Morgan fingerprint density at radius 1 is 0.964 bits per heavy atom. The van der Waals surface area contributed by atoms with Gasteiger partial charge < -0.3 is 9.64 Å². The first-order valence-corrected chi connectivity index (χ1v) is 9.55. The van der Waals surface area contributed by atoms with Crippen molar-refractivity contribution in [2.45, 2.75) is 27.2 Å². The third kappa shape index (κ3) is 5.57. The molecule has 2 aromatic carbocycles. The first kappa shape index (κ1) is 21.9. The van der Waals surface area contributed by atoms with Crippen LogP contribution in [0.1, 0.15) is 23.6 Å². The van der Waals surface area contributed by atoms with Crippen LogP contribution in [-0.2, 0) is 6.42 Å². The van der Waals surface area contributed by atoms with Gasteiger partial charge in [0.25, 0.3) is 0 Å². The van der Waals surface area contributed by atoms with Crippen LogP contribution in [0.4, 0.5) is 0 Å². The molecule has 0 saturated heterocycles. The summed E-state index contributed by atoms with van der Waals surface area (Å²) >= 11 is 0. The molecule has 0 amide bonds. The third-order valence-electron chi connectivity index (χ3n) is 4.96. The van der Waals surface area contributed by atoms with Crippen LogP contribution in [-0.4, -0.2) is 30.0 Å². The number of pyridine rings is 1. The normalized spacial score (nSPS) is 10.6. The van der Waals surface area contributed by atoms with Gasteiger partial charge in [-0.2, -0.15) is 0 Å². The zero-order valence-corrected chi connectivity index (χ0v) is 17.9. The molecule has 3 nitrogen and oxygen atoms in total. The molecule has 0 atom stereocenters. The summed E-state index contributed by atoms with van der Waals surface area (Å²) in [5.74, 6) is 1.72. The van der Waals surface area contributed by atoms with E-state index in [0.29, 0.717) is 0 Å². The number of likely N-dealkylation sites (N-methyl/N-ethyl adjacent to an activating group) is 1. The quantitative estimate of drug-likeness (QED) is 0.484. The number of ether oxygens (including phenoxy) is 1. The summed E-state index contributed by atoms with van der Waals surface area (Å²) in [5.41, 5.74) is 5.83. The second kappa shape index (κ2) is 10.3. The van der Waals surface area contributed by atoms with E-state index < -0.39 is 0 Å². The van der Waals surface area contributed by atoms with Crippen molar-refractivity contribution >= 4 is 12.4 Å². The van der Waals surface area contributed by atoms with Gasteiger partial charge in [0.05, 0.1) is 5.69 Å². The van der Waals surface area contributed by atoms with Gasteiger partial charge in [-0.05, 0) is 62.7 Å². The van der Waals surface area contributed by atoms with Gasteiger partial charge >= 0.3 is 0 Å². The topological polar surface area (TPSA) is 25.4 Å². The van der Waals surface area contributed by atoms with E-state index in [1.165, 1.54) is 11.1 Å². The zero-order chi connectivity index (χ0) is 19.2. The van der Waals surface area contributed by atoms with E-state index >= 15 is 0 Å². The van der Waals surface area contributed by atoms with Crippen molar-refractivity contribution in [2.24, 2.45) is 0 Å². The first-order valence-electron chi connectivity index (χ1n) is 9.55. The molecule has 3 aromatic rings. The molecule has 3 rings (SSSR count). The van der Waals surface area contributed by atoms with Gasteiger partial charge in [-0.1, -0.05) is 43.3 Å². The average Bonchev–Trinajstić information content (AvgIpc) is 2.70. The Balaban J connectivity index is 0.00000280. The molecule has 0 bridgehead atoms. The smallest absolute Gasteiger partial charge is 0.131 e. The van der Waals surface area contributed by atoms with E-state index in [9.17, 15) is 0 Å². The van der Waals surface area contributed by atoms with Crippen LogP contribution in [0.2, 0.25) is 0 Å². The van der Waals surface area contributed by atoms with Gasteiger partial charge in [0.15, 0.2) is 0 Å². The maximum Gasteiger partial charge on any atom is 0.131 e. The summed E-state index contributed by atoms with van der Waals surface area (Å²) in [4.78, 5) is 6.80. The molecule has 0 saturated carbocycles. The van der Waals surface area contributed by atoms with Gasteiger partial charge in [-0.25, -0.2) is 0 Å². The Bertz CT molecular complexity index is 896. The van der Waals surface area contributed by atoms with E-state index in [4.69, 9.17) is 4.74 Å². The molecule has 1 aromatic heterocycles. The Kier molecular flexibility index (Phi) is 8.04. The summed E-state index contributed by atoms with van der Waals surface area (Å²) in [5, 5.41) is 0. The molecule has 0 aliphatic carbocycles. The fourth-order valence-corrected chi connectivity index (χ4v) is 3.07. The Hall–Kier alpha value is -2.36. The number of hydrogen-bond acceptors (Lipinski definition) is 3. The van der Waals surface area contributed by atoms with Crippen LogP contribution in [0, 0.1) is 13.8 Å². The summed E-state index contributed by atoms with van der Waals surface area (Å²) in [6.07, 6.45) is 2.86. The summed E-state index contributed by atoms with van der Waals surface area (Å²) in [6.45, 7) is 8.61. The Labute approximate surface area is 174 Å². The molecule has 0 fully saturated rings. The number of aryl methyl sites for hydroxylation is 2. The van der Waals surface area contributed by atoms with Gasteiger partial charge in [0.1, 0.15) is 11.5 Å². The van der Waals surface area contributed by atoms with Crippen molar-refractivity contribution in [3.05, 3.63) is 77.5 Å². The number of hydrogen-bond donors (Lipinski definition) is 0. The van der Waals surface area contributed by atoms with Crippen LogP contribution in [0.3, 0.4) is 0 Å². The number of halogens is 1. The Morgan fingerprint density at radius 2 is 1.71 bits per heavy atom. The van der Waals surface area contributed by atoms with E-state index in [1.807, 2.05) is 30.3 Å². The molecule has 1 heterocycles. The molecule has 0 radical (unpaired) electrons. The number of benzene rings is 2. The molecule has 28 heavy (non-hydrogen) atoms. The minimum absolute atomic E-state index is 0. The van der Waals surface area contributed by atoms with Crippen molar-refractivity contribution in [3.63, 3.8) is 0 Å². The van der Waals surface area contributed by atoms with Crippen molar-refractivity contribution in [2.75, 3.05) is 20.1 Å². The van der Waals surface area contributed by atoms with Gasteiger partial charge in [-0.15, -0.1) is 12.4 Å². The summed E-state index contributed by atoms with van der Waals surface area (Å²) < 4.78 is 6.20. The van der Waals surface area contributed by atoms with Crippen LogP contribution in [0.15, 0.2) is 60.8 Å². The van der Waals surface area contributed by atoms with Crippen LogP contribution in [0.25, 0.3) is 11.3 Å². The lowest BCUT2D eigenvalue weighted by Crippen LogP contribution is -2.20. The van der Waals surface area contributed by atoms with Gasteiger partial charge in [0.2, 0.25) is 0 Å². The molecule has 0 aliphatic rings. The molecule has 4 heteroatoms. The van der Waals surface area contributed by atoms with Crippen molar-refractivity contribution in [1.82, 2.24) is 9.88 Å². The largest absolute Gasteiger partial charge is 0.457 e. The summed E-state index contributed by atoms with van der Waals surface area (Å²) in [6, 6.07) is 18.5. The molecular weight excluding hydrogens is 368 g/mol. The molecule has 0 N–H and O–H groups in total. The first-order chi connectivity index (χ1) is 13.1. The highest BCUT2D eigenvalue weighted by Gasteiger charge is 2.09. The van der Waals surface area contributed by atoms with Gasteiger partial charge in [0, 0.05) is 24.4 Å². The van der Waals surface area contributed by atoms with E-state index in [1.54, 1.807) is 6.20 Å². The van der Waals surface area contributed by atoms with Gasteiger partial charge in [-0.3, -0.25) is 4.98 Å². The average molecular weight is 397 g/mol. The standard InChI is InChI=1S/C24H28N2O.ClH/c1-5-26(4)14-12-21-15-19(3)24(16-18(21)2)27-22-11-13-25-23(17-22)20-9-7-6-8-10-20;/h6-11,13,15-17H,5,12,14H2,1-4H3;1H. The maximum atomic E-state index is 6.20. The van der Waals surface area contributed by atoms with E-state index in [0.717, 1.165) is 47.8 Å². The number of aromatic nitrogens is 1. The lowest BCUT2D eigenvalue weighted by Gasteiger charge is -2.17. The van der Waals surface area contributed by atoms with Crippen LogP contribution >= 0.6 is 12.4 Å². The molecule has 0 unspecified atom stereocenters. The second-order valence-corrected chi connectivity index (χ2v) is 7.03. The summed E-state index contributed by atoms with van der Waals surface area (Å²) in [7, 11) is 2.16. The fourth-order valence-electron chi connectivity index (χ4n) is 3.07. The lowest BCUT2D eigenvalue weighted by molar-refractivity contribution is 0.357. The SMILES string of the molecule is CCN(C)CCc1cc(C)c(Oc2ccnc(-c3ccccc3)c2)cc1C.Cl. The Morgan fingerprint density at radius 3 is 2.43 bits per heavy atom. The predicted molar refractivity (Wildman–Crippen MR) is 120 cm³/mol. The highest BCUT2D eigenvalue weighted by molar-refractivity contribution is 5.85. The second-order valence-electron chi connectivity index (χ2n) is 7.03. The maximum absolute atomic E-state index is 6.20. The number of nitrogens with zero attached hydrogens (tertiary/aromatic N) is 2.